The van der Waals surface area contributed by atoms with Gasteiger partial charge in [-0.2, -0.15) is 13.2 Å². The Kier molecular flexibility index (Phi) is 2.46. The third-order valence-corrected chi connectivity index (χ3v) is 2.44. The SMILES string of the molecule is O=C1CNc2cc(C(F)(F)F)c(Cl)cc2N1. The van der Waals surface area contributed by atoms with Crippen molar-refractivity contribution in [3.63, 3.8) is 0 Å². The third kappa shape index (κ3) is 1.92. The molecule has 0 aliphatic carbocycles. The first-order chi connectivity index (χ1) is 7.38. The number of fused-ring (bicyclic) bond motifs is 1. The molecule has 0 spiro atoms. The lowest BCUT2D eigenvalue weighted by atomic mass is 10.1. The second-order valence-corrected chi connectivity index (χ2v) is 3.68. The molecule has 0 unspecified atom stereocenters. The van der Waals surface area contributed by atoms with Crippen LogP contribution in [0.5, 0.6) is 0 Å². The minimum absolute atomic E-state index is 0.0497. The zero-order valence-electron chi connectivity index (χ0n) is 7.78. The Labute approximate surface area is 93.6 Å². The lowest BCUT2D eigenvalue weighted by Crippen LogP contribution is -2.27. The van der Waals surface area contributed by atoms with Crippen LogP contribution in [-0.4, -0.2) is 12.5 Å². The van der Waals surface area contributed by atoms with E-state index in [1.165, 1.54) is 0 Å². The molecule has 1 amide bonds. The van der Waals surface area contributed by atoms with Gasteiger partial charge in [-0.3, -0.25) is 4.79 Å². The Morgan fingerprint density at radius 1 is 1.25 bits per heavy atom. The number of rotatable bonds is 0. The maximum Gasteiger partial charge on any atom is 0.417 e. The number of carbonyl (C=O) groups is 1. The Morgan fingerprint density at radius 2 is 1.94 bits per heavy atom. The first-order valence-electron chi connectivity index (χ1n) is 4.32. The van der Waals surface area contributed by atoms with Crippen LogP contribution in [0, 0.1) is 0 Å². The summed E-state index contributed by atoms with van der Waals surface area (Å²) in [6.45, 7) is -0.0497. The molecule has 16 heavy (non-hydrogen) atoms. The molecule has 1 aromatic carbocycles. The van der Waals surface area contributed by atoms with Crippen LogP contribution in [0.25, 0.3) is 0 Å². The van der Waals surface area contributed by atoms with Crippen LogP contribution in [0.1, 0.15) is 5.56 Å². The Morgan fingerprint density at radius 3 is 2.56 bits per heavy atom. The van der Waals surface area contributed by atoms with Gasteiger partial charge < -0.3 is 10.6 Å². The maximum atomic E-state index is 12.5. The molecule has 0 bridgehead atoms. The number of hydrogen-bond acceptors (Lipinski definition) is 2. The summed E-state index contributed by atoms with van der Waals surface area (Å²) in [7, 11) is 0. The Bertz CT molecular complexity index is 459. The summed E-state index contributed by atoms with van der Waals surface area (Å²) in [5.41, 5.74) is -0.442. The highest BCUT2D eigenvalue weighted by molar-refractivity contribution is 6.32. The van der Waals surface area contributed by atoms with E-state index in [1.807, 2.05) is 0 Å². The lowest BCUT2D eigenvalue weighted by molar-refractivity contribution is -0.137. The van der Waals surface area contributed by atoms with Gasteiger partial charge in [0.15, 0.2) is 0 Å². The molecule has 1 aliphatic heterocycles. The van der Waals surface area contributed by atoms with Gasteiger partial charge in [-0.1, -0.05) is 11.6 Å². The molecule has 0 aromatic heterocycles. The first-order valence-corrected chi connectivity index (χ1v) is 4.70. The number of benzene rings is 1. The van der Waals surface area contributed by atoms with Crippen molar-refractivity contribution >= 4 is 28.9 Å². The number of carbonyl (C=O) groups excluding carboxylic acids is 1. The summed E-state index contributed by atoms with van der Waals surface area (Å²) in [5.74, 6) is -0.316. The van der Waals surface area contributed by atoms with E-state index in [9.17, 15) is 18.0 Å². The topological polar surface area (TPSA) is 41.1 Å². The van der Waals surface area contributed by atoms with E-state index in [-0.39, 0.29) is 23.8 Å². The van der Waals surface area contributed by atoms with Crippen molar-refractivity contribution in [2.75, 3.05) is 17.2 Å². The van der Waals surface area contributed by atoms with Crippen molar-refractivity contribution in [3.8, 4) is 0 Å². The van der Waals surface area contributed by atoms with Crippen LogP contribution in [-0.2, 0) is 11.0 Å². The molecule has 86 valence electrons. The quantitative estimate of drug-likeness (QED) is 0.743. The van der Waals surface area contributed by atoms with Gasteiger partial charge in [0, 0.05) is 0 Å². The molecule has 1 heterocycles. The molecule has 2 N–H and O–H groups in total. The molecule has 0 radical (unpaired) electrons. The van der Waals surface area contributed by atoms with E-state index >= 15 is 0 Å². The Balaban J connectivity index is 2.50. The van der Waals surface area contributed by atoms with Crippen LogP contribution in [0.4, 0.5) is 24.5 Å². The minimum atomic E-state index is -4.50. The number of hydrogen-bond donors (Lipinski definition) is 2. The fraction of sp³-hybridized carbons (Fsp3) is 0.222. The van der Waals surface area contributed by atoms with Crippen molar-refractivity contribution < 1.29 is 18.0 Å². The first kappa shape index (κ1) is 11.1. The smallest absolute Gasteiger partial charge is 0.374 e. The van der Waals surface area contributed by atoms with E-state index in [1.54, 1.807) is 0 Å². The van der Waals surface area contributed by atoms with Gasteiger partial charge in [0.1, 0.15) is 0 Å². The van der Waals surface area contributed by atoms with Gasteiger partial charge in [0.05, 0.1) is 28.5 Å². The van der Waals surface area contributed by atoms with Crippen molar-refractivity contribution in [2.24, 2.45) is 0 Å². The fourth-order valence-electron chi connectivity index (χ4n) is 1.41. The Hall–Kier alpha value is -1.43. The summed E-state index contributed by atoms with van der Waals surface area (Å²) in [4.78, 5) is 11.0. The number of alkyl halides is 3. The summed E-state index contributed by atoms with van der Waals surface area (Å²) in [6, 6.07) is 1.97. The van der Waals surface area contributed by atoms with Gasteiger partial charge in [0.2, 0.25) is 5.91 Å². The molecular formula is C9H6ClF3N2O. The normalized spacial score (nSPS) is 15.1. The number of anilines is 2. The van der Waals surface area contributed by atoms with Gasteiger partial charge >= 0.3 is 6.18 Å². The summed E-state index contributed by atoms with van der Waals surface area (Å²) < 4.78 is 37.5. The molecule has 0 atom stereocenters. The average molecular weight is 251 g/mol. The van der Waals surface area contributed by atoms with Crippen molar-refractivity contribution in [3.05, 3.63) is 22.7 Å². The maximum absolute atomic E-state index is 12.5. The van der Waals surface area contributed by atoms with E-state index < -0.39 is 16.8 Å². The van der Waals surface area contributed by atoms with Crippen LogP contribution in [0.2, 0.25) is 5.02 Å². The average Bonchev–Trinajstić information content (AvgIpc) is 2.14. The van der Waals surface area contributed by atoms with Crippen LogP contribution in [0.15, 0.2) is 12.1 Å². The van der Waals surface area contributed by atoms with E-state index in [0.29, 0.717) is 0 Å². The summed E-state index contributed by atoms with van der Waals surface area (Å²) in [5, 5.41) is 4.57. The van der Waals surface area contributed by atoms with E-state index in [4.69, 9.17) is 11.6 Å². The van der Waals surface area contributed by atoms with Gasteiger partial charge in [-0.15, -0.1) is 0 Å². The predicted octanol–water partition coefficient (Wildman–Crippen LogP) is 2.72. The van der Waals surface area contributed by atoms with Crippen LogP contribution in [0.3, 0.4) is 0 Å². The summed E-state index contributed by atoms with van der Waals surface area (Å²) in [6.07, 6.45) is -4.50. The molecule has 1 aliphatic rings. The molecule has 7 heteroatoms. The van der Waals surface area contributed by atoms with Crippen molar-refractivity contribution in [1.29, 1.82) is 0 Å². The minimum Gasteiger partial charge on any atom is -0.374 e. The lowest BCUT2D eigenvalue weighted by Gasteiger charge is -2.21. The van der Waals surface area contributed by atoms with Crippen molar-refractivity contribution in [2.45, 2.75) is 6.18 Å². The monoisotopic (exact) mass is 250 g/mol. The molecule has 1 aromatic rings. The van der Waals surface area contributed by atoms with Gasteiger partial charge in [-0.05, 0) is 12.1 Å². The third-order valence-electron chi connectivity index (χ3n) is 2.13. The molecule has 2 rings (SSSR count). The van der Waals surface area contributed by atoms with Crippen molar-refractivity contribution in [1.82, 2.24) is 0 Å². The zero-order valence-corrected chi connectivity index (χ0v) is 8.54. The van der Waals surface area contributed by atoms with Crippen LogP contribution >= 0.6 is 11.6 Å². The predicted molar refractivity (Wildman–Crippen MR) is 53.6 cm³/mol. The number of halogens is 4. The summed E-state index contributed by atoms with van der Waals surface area (Å²) >= 11 is 5.49. The molecule has 3 nitrogen and oxygen atoms in total. The molecule has 0 saturated carbocycles. The molecule has 0 fully saturated rings. The standard InChI is InChI=1S/C9H6ClF3N2O/c10-5-2-7-6(14-3-8(16)15-7)1-4(5)9(11,12)13/h1-2,14H,3H2,(H,15,16). The highest BCUT2D eigenvalue weighted by Crippen LogP contribution is 2.40. The molecular weight excluding hydrogens is 245 g/mol. The fourth-order valence-corrected chi connectivity index (χ4v) is 1.68. The van der Waals surface area contributed by atoms with Gasteiger partial charge in [0.25, 0.3) is 0 Å². The largest absolute Gasteiger partial charge is 0.417 e. The van der Waals surface area contributed by atoms with E-state index in [0.717, 1.165) is 12.1 Å². The second kappa shape index (κ2) is 3.55. The van der Waals surface area contributed by atoms with Crippen LogP contribution < -0.4 is 10.6 Å². The molecule has 0 saturated heterocycles. The highest BCUT2D eigenvalue weighted by Gasteiger charge is 2.34. The number of nitrogens with one attached hydrogen (secondary N) is 2. The van der Waals surface area contributed by atoms with E-state index in [2.05, 4.69) is 10.6 Å². The van der Waals surface area contributed by atoms with Gasteiger partial charge in [-0.25, -0.2) is 0 Å². The second-order valence-electron chi connectivity index (χ2n) is 3.28. The zero-order chi connectivity index (χ0) is 11.9. The highest BCUT2D eigenvalue weighted by atomic mass is 35.5. The number of amides is 1.